The molecule has 0 aromatic heterocycles. The third kappa shape index (κ3) is 5.52. The van der Waals surface area contributed by atoms with Crippen LogP contribution in [0.25, 0.3) is 0 Å². The molecule has 5 heteroatoms. The van der Waals surface area contributed by atoms with Crippen molar-refractivity contribution in [2.24, 2.45) is 5.73 Å². The summed E-state index contributed by atoms with van der Waals surface area (Å²) in [6.45, 7) is 1.08. The molecule has 0 heterocycles. The Bertz CT molecular complexity index is 644. The lowest BCUT2D eigenvalue weighted by Crippen LogP contribution is -2.34. The van der Waals surface area contributed by atoms with Crippen molar-refractivity contribution in [2.75, 3.05) is 13.1 Å². The van der Waals surface area contributed by atoms with Gasteiger partial charge < -0.3 is 16.4 Å². The molecule has 1 atom stereocenters. The fourth-order valence-electron chi connectivity index (χ4n) is 2.36. The Balaban J connectivity index is 2.06. The van der Waals surface area contributed by atoms with Gasteiger partial charge in [-0.15, -0.1) is 0 Å². The molecule has 0 aliphatic carbocycles. The zero-order valence-corrected chi connectivity index (χ0v) is 13.6. The van der Waals surface area contributed by atoms with Gasteiger partial charge in [0.1, 0.15) is 0 Å². The quantitative estimate of drug-likeness (QED) is 0.649. The highest BCUT2D eigenvalue weighted by molar-refractivity contribution is 5.94. The Labute approximate surface area is 142 Å². The van der Waals surface area contributed by atoms with Crippen molar-refractivity contribution in [1.29, 1.82) is 0 Å². The number of hydrogen-bond acceptors (Lipinski definition) is 3. The van der Waals surface area contributed by atoms with Crippen molar-refractivity contribution in [3.63, 3.8) is 0 Å². The van der Waals surface area contributed by atoms with Crippen LogP contribution in [0.15, 0.2) is 60.7 Å². The van der Waals surface area contributed by atoms with Crippen LogP contribution in [-0.4, -0.2) is 24.9 Å². The summed E-state index contributed by atoms with van der Waals surface area (Å²) in [6.07, 6.45) is 0.922. The average molecular weight is 325 g/mol. The van der Waals surface area contributed by atoms with Crippen molar-refractivity contribution in [1.82, 2.24) is 10.6 Å². The van der Waals surface area contributed by atoms with Crippen LogP contribution < -0.4 is 16.4 Å². The van der Waals surface area contributed by atoms with E-state index in [4.69, 9.17) is 5.73 Å². The number of hydrogen-bond donors (Lipinski definition) is 3. The molecule has 0 saturated heterocycles. The number of rotatable bonds is 8. The molecule has 1 unspecified atom stereocenters. The van der Waals surface area contributed by atoms with Crippen molar-refractivity contribution >= 4 is 11.8 Å². The van der Waals surface area contributed by atoms with Crippen molar-refractivity contribution in [2.45, 2.75) is 18.9 Å². The van der Waals surface area contributed by atoms with E-state index in [1.54, 1.807) is 12.1 Å². The molecule has 0 aliphatic rings. The van der Waals surface area contributed by atoms with E-state index >= 15 is 0 Å². The molecule has 0 aliphatic heterocycles. The Hall–Kier alpha value is -2.66. The van der Waals surface area contributed by atoms with Gasteiger partial charge in [-0.1, -0.05) is 48.5 Å². The normalized spacial score (nSPS) is 11.5. The lowest BCUT2D eigenvalue weighted by Gasteiger charge is -2.19. The molecule has 0 fully saturated rings. The largest absolute Gasteiger partial charge is 0.356 e. The van der Waals surface area contributed by atoms with Gasteiger partial charge in [-0.2, -0.15) is 0 Å². The van der Waals surface area contributed by atoms with E-state index < -0.39 is 0 Å². The summed E-state index contributed by atoms with van der Waals surface area (Å²) in [5.74, 6) is -0.301. The lowest BCUT2D eigenvalue weighted by atomic mass is 10.0. The van der Waals surface area contributed by atoms with Gasteiger partial charge in [0, 0.05) is 12.1 Å². The highest BCUT2D eigenvalue weighted by Gasteiger charge is 2.18. The lowest BCUT2D eigenvalue weighted by molar-refractivity contribution is -0.121. The van der Waals surface area contributed by atoms with Crippen molar-refractivity contribution in [3.05, 3.63) is 71.8 Å². The highest BCUT2D eigenvalue weighted by atomic mass is 16.2. The standard InChI is InChI=1S/C19H23N3O2/c20-12-7-13-21-18(23)14-17(15-8-3-1-4-9-15)22-19(24)16-10-5-2-6-11-16/h1-6,8-11,17H,7,12-14,20H2,(H,21,23)(H,22,24). The Morgan fingerprint density at radius 2 is 1.58 bits per heavy atom. The third-order valence-corrected chi connectivity index (χ3v) is 3.64. The molecule has 0 saturated carbocycles. The number of nitrogens with two attached hydrogens (primary N) is 1. The van der Waals surface area contributed by atoms with Crippen LogP contribution in [0.2, 0.25) is 0 Å². The van der Waals surface area contributed by atoms with Crippen LogP contribution in [0, 0.1) is 0 Å². The number of amides is 2. The predicted octanol–water partition coefficient (Wildman–Crippen LogP) is 2.01. The van der Waals surface area contributed by atoms with E-state index in [0.717, 1.165) is 12.0 Å². The predicted molar refractivity (Wildman–Crippen MR) is 94.4 cm³/mol. The Morgan fingerprint density at radius 3 is 2.21 bits per heavy atom. The average Bonchev–Trinajstić information content (AvgIpc) is 2.63. The molecular formula is C19H23N3O2. The first-order valence-corrected chi connectivity index (χ1v) is 8.08. The van der Waals surface area contributed by atoms with Crippen LogP contribution in [0.4, 0.5) is 0 Å². The van der Waals surface area contributed by atoms with Crippen LogP contribution in [0.1, 0.15) is 34.8 Å². The van der Waals surface area contributed by atoms with Gasteiger partial charge >= 0.3 is 0 Å². The summed E-state index contributed by atoms with van der Waals surface area (Å²) < 4.78 is 0. The van der Waals surface area contributed by atoms with E-state index in [1.165, 1.54) is 0 Å². The zero-order chi connectivity index (χ0) is 17.2. The highest BCUT2D eigenvalue weighted by Crippen LogP contribution is 2.17. The minimum absolute atomic E-state index is 0.106. The van der Waals surface area contributed by atoms with Gasteiger partial charge in [0.2, 0.25) is 5.91 Å². The molecule has 4 N–H and O–H groups in total. The molecule has 5 nitrogen and oxygen atoms in total. The second kappa shape index (κ2) is 9.47. The second-order valence-corrected chi connectivity index (χ2v) is 5.50. The van der Waals surface area contributed by atoms with E-state index in [2.05, 4.69) is 10.6 Å². The summed E-state index contributed by atoms with van der Waals surface area (Å²) in [6, 6.07) is 18.1. The summed E-state index contributed by atoms with van der Waals surface area (Å²) in [5.41, 5.74) is 6.90. The summed E-state index contributed by atoms with van der Waals surface area (Å²) in [4.78, 5) is 24.5. The maximum Gasteiger partial charge on any atom is 0.251 e. The molecule has 24 heavy (non-hydrogen) atoms. The second-order valence-electron chi connectivity index (χ2n) is 5.50. The molecule has 126 valence electrons. The minimum atomic E-state index is -0.378. The van der Waals surface area contributed by atoms with E-state index in [9.17, 15) is 9.59 Å². The Kier molecular flexibility index (Phi) is 6.98. The van der Waals surface area contributed by atoms with Gasteiger partial charge in [-0.25, -0.2) is 0 Å². The molecule has 0 bridgehead atoms. The number of benzene rings is 2. The number of nitrogens with one attached hydrogen (secondary N) is 2. The van der Waals surface area contributed by atoms with Gasteiger partial charge in [-0.3, -0.25) is 9.59 Å². The summed E-state index contributed by atoms with van der Waals surface area (Å²) >= 11 is 0. The van der Waals surface area contributed by atoms with Crippen LogP contribution in [-0.2, 0) is 4.79 Å². The molecule has 0 radical (unpaired) electrons. The molecule has 2 aromatic rings. The van der Waals surface area contributed by atoms with E-state index in [0.29, 0.717) is 18.7 Å². The zero-order valence-electron chi connectivity index (χ0n) is 13.6. The van der Waals surface area contributed by atoms with E-state index in [-0.39, 0.29) is 24.3 Å². The molecular weight excluding hydrogens is 302 g/mol. The van der Waals surface area contributed by atoms with E-state index in [1.807, 2.05) is 48.5 Å². The first kappa shape index (κ1) is 17.7. The Morgan fingerprint density at radius 1 is 0.958 bits per heavy atom. The van der Waals surface area contributed by atoms with Crippen LogP contribution >= 0.6 is 0 Å². The maximum absolute atomic E-state index is 12.4. The molecule has 2 amide bonds. The van der Waals surface area contributed by atoms with Crippen molar-refractivity contribution in [3.8, 4) is 0 Å². The fraction of sp³-hybridized carbons (Fsp3) is 0.263. The van der Waals surface area contributed by atoms with Gasteiger partial charge in [-0.05, 0) is 30.7 Å². The van der Waals surface area contributed by atoms with Crippen LogP contribution in [0.5, 0.6) is 0 Å². The fourth-order valence-corrected chi connectivity index (χ4v) is 2.36. The smallest absolute Gasteiger partial charge is 0.251 e. The topological polar surface area (TPSA) is 84.2 Å². The molecule has 2 aromatic carbocycles. The van der Waals surface area contributed by atoms with Gasteiger partial charge in [0.15, 0.2) is 0 Å². The first-order chi connectivity index (χ1) is 11.7. The monoisotopic (exact) mass is 325 g/mol. The summed E-state index contributed by atoms with van der Waals surface area (Å²) in [7, 11) is 0. The molecule has 0 spiro atoms. The molecule has 2 rings (SSSR count). The summed E-state index contributed by atoms with van der Waals surface area (Å²) in [5, 5.41) is 5.77. The van der Waals surface area contributed by atoms with Gasteiger partial charge in [0.05, 0.1) is 12.5 Å². The van der Waals surface area contributed by atoms with Gasteiger partial charge in [0.25, 0.3) is 5.91 Å². The third-order valence-electron chi connectivity index (χ3n) is 3.64. The first-order valence-electron chi connectivity index (χ1n) is 8.08. The van der Waals surface area contributed by atoms with Crippen LogP contribution in [0.3, 0.4) is 0 Å². The SMILES string of the molecule is NCCCNC(=O)CC(NC(=O)c1ccccc1)c1ccccc1. The minimum Gasteiger partial charge on any atom is -0.356 e. The number of carbonyl (C=O) groups is 2. The number of carbonyl (C=O) groups excluding carboxylic acids is 2. The maximum atomic E-state index is 12.4. The van der Waals surface area contributed by atoms with Crippen molar-refractivity contribution < 1.29 is 9.59 Å².